The van der Waals surface area contributed by atoms with Gasteiger partial charge in [0.05, 0.1) is 24.5 Å². The summed E-state index contributed by atoms with van der Waals surface area (Å²) in [6.45, 7) is 7.01. The first-order chi connectivity index (χ1) is 13.6. The molecule has 0 aliphatic carbocycles. The number of para-hydroxylation sites is 1. The van der Waals surface area contributed by atoms with E-state index in [2.05, 4.69) is 20.9 Å². The third-order valence-electron chi connectivity index (χ3n) is 5.77. The maximum absolute atomic E-state index is 11.5. The van der Waals surface area contributed by atoms with Crippen molar-refractivity contribution in [3.8, 4) is 11.8 Å². The van der Waals surface area contributed by atoms with Crippen molar-refractivity contribution in [1.29, 1.82) is 0 Å². The van der Waals surface area contributed by atoms with E-state index in [4.69, 9.17) is 9.47 Å². The molecule has 0 saturated carbocycles. The molecule has 3 heterocycles. The molecule has 148 valence electrons. The number of anilines is 1. The van der Waals surface area contributed by atoms with Crippen LogP contribution in [0.5, 0.6) is 11.8 Å². The Kier molecular flexibility index (Phi) is 5.20. The van der Waals surface area contributed by atoms with Gasteiger partial charge in [0, 0.05) is 29.4 Å². The molecule has 0 N–H and O–H groups in total. The van der Waals surface area contributed by atoms with Gasteiger partial charge in [0.1, 0.15) is 0 Å². The van der Waals surface area contributed by atoms with E-state index >= 15 is 0 Å². The van der Waals surface area contributed by atoms with Gasteiger partial charge in [-0.2, -0.15) is 0 Å². The molecule has 2 aliphatic heterocycles. The van der Waals surface area contributed by atoms with Crippen molar-refractivity contribution in [3.63, 3.8) is 0 Å². The van der Waals surface area contributed by atoms with Crippen LogP contribution in [0.4, 0.5) is 5.69 Å². The lowest BCUT2D eigenvalue weighted by Gasteiger charge is -2.28. The predicted octanol–water partition coefficient (Wildman–Crippen LogP) is 3.74. The van der Waals surface area contributed by atoms with Crippen molar-refractivity contribution >= 4 is 12.0 Å². The zero-order valence-corrected chi connectivity index (χ0v) is 16.7. The van der Waals surface area contributed by atoms with Gasteiger partial charge in [-0.15, -0.1) is 0 Å². The molecule has 28 heavy (non-hydrogen) atoms. The molecule has 4 rings (SSSR count). The second-order valence-electron chi connectivity index (χ2n) is 7.69. The first-order valence-electron chi connectivity index (χ1n) is 10.0. The highest BCUT2D eigenvalue weighted by atomic mass is 16.5. The Balaban J connectivity index is 1.53. The number of aromatic nitrogens is 2. The molecule has 2 aliphatic rings. The zero-order chi connectivity index (χ0) is 19.7. The molecule has 2 fully saturated rings. The van der Waals surface area contributed by atoms with Crippen LogP contribution in [-0.2, 0) is 0 Å². The molecule has 1 aromatic carbocycles. The van der Waals surface area contributed by atoms with Gasteiger partial charge in [0.25, 0.3) is 0 Å². The zero-order valence-electron chi connectivity index (χ0n) is 16.7. The van der Waals surface area contributed by atoms with Crippen LogP contribution in [0, 0.1) is 19.8 Å². The third kappa shape index (κ3) is 3.43. The molecular formula is C22H27N3O3. The van der Waals surface area contributed by atoms with E-state index in [-0.39, 0.29) is 0 Å². The Bertz CT molecular complexity index is 850. The number of carbonyl (C=O) groups is 1. The van der Waals surface area contributed by atoms with Gasteiger partial charge < -0.3 is 14.4 Å². The topological polar surface area (TPSA) is 64.5 Å². The second-order valence-corrected chi connectivity index (χ2v) is 7.69. The SMILES string of the molecule is CCOc1c(C=O)cccc1N1C2CCC1C(COc1nc(C)cc(C)n1)C2. The van der Waals surface area contributed by atoms with Crippen molar-refractivity contribution in [3.05, 3.63) is 41.2 Å². The maximum Gasteiger partial charge on any atom is 0.316 e. The molecule has 2 bridgehead atoms. The molecule has 0 spiro atoms. The van der Waals surface area contributed by atoms with E-state index in [9.17, 15) is 4.79 Å². The molecule has 2 saturated heterocycles. The van der Waals surface area contributed by atoms with Crippen LogP contribution >= 0.6 is 0 Å². The Labute approximate surface area is 165 Å². The highest BCUT2D eigenvalue weighted by Gasteiger charge is 2.47. The van der Waals surface area contributed by atoms with Crippen molar-refractivity contribution in [1.82, 2.24) is 9.97 Å². The van der Waals surface area contributed by atoms with E-state index in [0.29, 0.717) is 48.5 Å². The van der Waals surface area contributed by atoms with E-state index in [1.807, 2.05) is 39.0 Å². The van der Waals surface area contributed by atoms with E-state index in [1.54, 1.807) is 0 Å². The molecule has 3 unspecified atom stereocenters. The second kappa shape index (κ2) is 7.78. The van der Waals surface area contributed by atoms with Crippen molar-refractivity contribution in [2.45, 2.75) is 52.1 Å². The van der Waals surface area contributed by atoms with Crippen LogP contribution in [0.25, 0.3) is 0 Å². The fraction of sp³-hybridized carbons (Fsp3) is 0.500. The van der Waals surface area contributed by atoms with Crippen LogP contribution in [-0.4, -0.2) is 41.6 Å². The highest BCUT2D eigenvalue weighted by Crippen LogP contribution is 2.47. The van der Waals surface area contributed by atoms with E-state index < -0.39 is 0 Å². The number of benzene rings is 1. The van der Waals surface area contributed by atoms with Gasteiger partial charge in [-0.05, 0) is 58.2 Å². The smallest absolute Gasteiger partial charge is 0.316 e. The van der Waals surface area contributed by atoms with Gasteiger partial charge in [0.2, 0.25) is 0 Å². The summed E-state index contributed by atoms with van der Waals surface area (Å²) in [7, 11) is 0. The summed E-state index contributed by atoms with van der Waals surface area (Å²) in [4.78, 5) is 22.7. The molecule has 3 atom stereocenters. The summed E-state index contributed by atoms with van der Waals surface area (Å²) < 4.78 is 11.8. The van der Waals surface area contributed by atoms with Gasteiger partial charge in [-0.3, -0.25) is 4.79 Å². The van der Waals surface area contributed by atoms with Crippen molar-refractivity contribution in [2.75, 3.05) is 18.1 Å². The predicted molar refractivity (Wildman–Crippen MR) is 107 cm³/mol. The minimum absolute atomic E-state index is 0.386. The Morgan fingerprint density at radius 1 is 1.18 bits per heavy atom. The largest absolute Gasteiger partial charge is 0.491 e. The lowest BCUT2D eigenvalue weighted by atomic mass is 9.90. The van der Waals surface area contributed by atoms with Crippen molar-refractivity contribution in [2.24, 2.45) is 5.92 Å². The monoisotopic (exact) mass is 381 g/mol. The number of nitrogens with zero attached hydrogens (tertiary/aromatic N) is 3. The van der Waals surface area contributed by atoms with Crippen LogP contribution in [0.2, 0.25) is 0 Å². The lowest BCUT2D eigenvalue weighted by molar-refractivity contribution is 0.112. The normalized spacial score (nSPS) is 23.1. The Hall–Kier alpha value is -2.63. The summed E-state index contributed by atoms with van der Waals surface area (Å²) >= 11 is 0. The third-order valence-corrected chi connectivity index (χ3v) is 5.77. The average molecular weight is 381 g/mol. The number of hydrogen-bond acceptors (Lipinski definition) is 6. The number of carbonyl (C=O) groups excluding carboxylic acids is 1. The lowest BCUT2D eigenvalue weighted by Crippen LogP contribution is -2.32. The van der Waals surface area contributed by atoms with Crippen LogP contribution in [0.15, 0.2) is 24.3 Å². The number of aldehydes is 1. The van der Waals surface area contributed by atoms with Crippen LogP contribution in [0.1, 0.15) is 47.9 Å². The summed E-state index contributed by atoms with van der Waals surface area (Å²) in [6.07, 6.45) is 4.25. The fourth-order valence-corrected chi connectivity index (χ4v) is 4.75. The minimum atomic E-state index is 0.386. The number of hydrogen-bond donors (Lipinski definition) is 0. The molecule has 6 heteroatoms. The van der Waals surface area contributed by atoms with Gasteiger partial charge in [-0.25, -0.2) is 9.97 Å². The van der Waals surface area contributed by atoms with Crippen LogP contribution < -0.4 is 14.4 Å². The molecule has 0 amide bonds. The molecular weight excluding hydrogens is 354 g/mol. The first kappa shape index (κ1) is 18.7. The average Bonchev–Trinajstić information content (AvgIpc) is 3.24. The molecule has 2 aromatic rings. The number of aryl methyl sites for hydroxylation is 2. The van der Waals surface area contributed by atoms with Gasteiger partial charge >= 0.3 is 6.01 Å². The molecule has 1 aromatic heterocycles. The number of fused-ring (bicyclic) bond motifs is 2. The van der Waals surface area contributed by atoms with Gasteiger partial charge in [-0.1, -0.05) is 6.07 Å². The first-order valence-corrected chi connectivity index (χ1v) is 10.0. The molecule has 6 nitrogen and oxygen atoms in total. The highest BCUT2D eigenvalue weighted by molar-refractivity contribution is 5.84. The fourth-order valence-electron chi connectivity index (χ4n) is 4.75. The van der Waals surface area contributed by atoms with E-state index in [1.165, 1.54) is 0 Å². The summed E-state index contributed by atoms with van der Waals surface area (Å²) in [6, 6.07) is 9.08. The summed E-state index contributed by atoms with van der Waals surface area (Å²) in [5, 5.41) is 0. The van der Waals surface area contributed by atoms with Crippen LogP contribution in [0.3, 0.4) is 0 Å². The minimum Gasteiger partial charge on any atom is -0.491 e. The number of ether oxygens (including phenoxy) is 2. The Morgan fingerprint density at radius 3 is 2.68 bits per heavy atom. The number of rotatable bonds is 7. The summed E-state index contributed by atoms with van der Waals surface area (Å²) in [5.74, 6) is 1.12. The maximum atomic E-state index is 11.5. The van der Waals surface area contributed by atoms with Gasteiger partial charge in [0.15, 0.2) is 12.0 Å². The quantitative estimate of drug-likeness (QED) is 0.681. The van der Waals surface area contributed by atoms with Crippen molar-refractivity contribution < 1.29 is 14.3 Å². The van der Waals surface area contributed by atoms with E-state index in [0.717, 1.165) is 42.6 Å². The molecule has 0 radical (unpaired) electrons. The summed E-state index contributed by atoms with van der Waals surface area (Å²) in [5.41, 5.74) is 3.49. The Morgan fingerprint density at radius 2 is 1.96 bits per heavy atom. The standard InChI is InChI=1S/C22H27N3O3/c1-4-27-21-16(12-26)6-5-7-20(21)25-18-8-9-19(25)17(11-18)13-28-22-23-14(2)10-15(3)24-22/h5-7,10,12,17-19H,4,8-9,11,13H2,1-3H3.